The monoisotopic (exact) mass is 261 g/mol. The van der Waals surface area contributed by atoms with E-state index < -0.39 is 0 Å². The summed E-state index contributed by atoms with van der Waals surface area (Å²) in [5, 5.41) is 2.10. The largest absolute Gasteiger partial charge is 0.294 e. The van der Waals surface area contributed by atoms with E-state index in [9.17, 15) is 4.79 Å². The molecular formula is C14H13OS2+. The summed E-state index contributed by atoms with van der Waals surface area (Å²) in [6, 6.07) is 12.1. The summed E-state index contributed by atoms with van der Waals surface area (Å²) in [4.78, 5) is 11.6. The van der Waals surface area contributed by atoms with Crippen molar-refractivity contribution in [2.45, 2.75) is 11.1 Å². The first-order valence-electron chi connectivity index (χ1n) is 5.28. The molecule has 0 aliphatic carbocycles. The third kappa shape index (κ3) is 2.73. The van der Waals surface area contributed by atoms with Crippen LogP contribution >= 0.6 is 23.1 Å². The molecule has 0 amide bonds. The second-order valence-corrected chi connectivity index (χ2v) is 5.62. The van der Waals surface area contributed by atoms with Crippen molar-refractivity contribution in [2.75, 3.05) is 6.26 Å². The molecule has 1 heterocycles. The molecule has 2 rings (SSSR count). The quantitative estimate of drug-likeness (QED) is 0.455. The molecule has 1 aromatic heterocycles. The van der Waals surface area contributed by atoms with Crippen molar-refractivity contribution in [1.29, 1.82) is 0 Å². The van der Waals surface area contributed by atoms with Crippen molar-refractivity contribution in [2.24, 2.45) is 0 Å². The lowest BCUT2D eigenvalue weighted by molar-refractivity contribution is 0.101. The van der Waals surface area contributed by atoms with E-state index in [0.717, 1.165) is 20.9 Å². The summed E-state index contributed by atoms with van der Waals surface area (Å²) >= 11 is 3.26. The normalized spacial score (nSPS) is 10.2. The van der Waals surface area contributed by atoms with Gasteiger partial charge in [0, 0.05) is 5.56 Å². The Morgan fingerprint density at radius 3 is 2.47 bits per heavy atom. The molecule has 86 valence electrons. The number of hydrogen-bond donors (Lipinski definition) is 0. The van der Waals surface area contributed by atoms with Gasteiger partial charge in [-0.25, -0.2) is 0 Å². The Morgan fingerprint density at radius 2 is 1.88 bits per heavy atom. The second-order valence-electron chi connectivity index (χ2n) is 3.66. The Hall–Kier alpha value is -1.19. The van der Waals surface area contributed by atoms with E-state index in [2.05, 4.69) is 17.5 Å². The molecule has 0 N–H and O–H groups in total. The number of Topliss-reactive ketones (excluding diaryl/α,β-unsaturated/α-hetero) is 1. The minimum atomic E-state index is 0.128. The van der Waals surface area contributed by atoms with E-state index in [1.165, 1.54) is 0 Å². The minimum absolute atomic E-state index is 0.128. The Morgan fingerprint density at radius 1 is 1.18 bits per heavy atom. The lowest BCUT2D eigenvalue weighted by Crippen LogP contribution is -1.94. The first-order valence-corrected chi connectivity index (χ1v) is 7.39. The summed E-state index contributed by atoms with van der Waals surface area (Å²) in [5.74, 6) is 0.128. The fraction of sp³-hybridized carbons (Fsp3) is 0.143. The minimum Gasteiger partial charge on any atom is -0.294 e. The van der Waals surface area contributed by atoms with Crippen molar-refractivity contribution in [3.8, 4) is 11.1 Å². The predicted octanol–water partition coefficient (Wildman–Crippen LogP) is 4.62. The molecule has 0 radical (unpaired) electrons. The van der Waals surface area contributed by atoms with Crippen LogP contribution < -0.4 is 0 Å². The van der Waals surface area contributed by atoms with Crippen LogP contribution in [0.25, 0.3) is 11.1 Å². The van der Waals surface area contributed by atoms with E-state index >= 15 is 0 Å². The van der Waals surface area contributed by atoms with Crippen LogP contribution in [-0.2, 0) is 0 Å². The Bertz CT molecular complexity index is 535. The standard InChI is InChI=1S/C14H13OS2/c1-10(15)13-8-12(9-17-14(13)16-2)11-6-4-3-5-7-11/h3-9H,1-2H3/q+1. The number of thioether (sulfide) groups is 1. The van der Waals surface area contributed by atoms with Gasteiger partial charge in [-0.05, 0) is 24.8 Å². The number of ketones is 1. The van der Waals surface area contributed by atoms with Gasteiger partial charge in [0.05, 0.1) is 5.56 Å². The highest BCUT2D eigenvalue weighted by atomic mass is 32.2. The van der Waals surface area contributed by atoms with Gasteiger partial charge in [0.25, 0.3) is 4.21 Å². The van der Waals surface area contributed by atoms with Crippen LogP contribution in [0.15, 0.2) is 46.0 Å². The van der Waals surface area contributed by atoms with Gasteiger partial charge in [-0.15, -0.1) is 0 Å². The molecule has 0 fully saturated rings. The van der Waals surface area contributed by atoms with E-state index in [4.69, 9.17) is 0 Å². The van der Waals surface area contributed by atoms with Gasteiger partial charge in [0.15, 0.2) is 5.78 Å². The van der Waals surface area contributed by atoms with Crippen molar-refractivity contribution in [3.05, 3.63) is 47.3 Å². The Kier molecular flexibility index (Phi) is 3.92. The zero-order chi connectivity index (χ0) is 12.3. The molecule has 2 aromatic rings. The number of rotatable bonds is 3. The topological polar surface area (TPSA) is 17.1 Å². The molecule has 0 unspecified atom stereocenters. The van der Waals surface area contributed by atoms with Crippen LogP contribution in [0, 0.1) is 0 Å². The number of carbonyl (C=O) groups is 1. The molecule has 0 aliphatic heterocycles. The van der Waals surface area contributed by atoms with Gasteiger partial charge in [0.2, 0.25) is 16.7 Å². The van der Waals surface area contributed by atoms with E-state index in [1.54, 1.807) is 30.0 Å². The van der Waals surface area contributed by atoms with Crippen LogP contribution in [0.2, 0.25) is 0 Å². The fourth-order valence-corrected chi connectivity index (χ4v) is 3.33. The lowest BCUT2D eigenvalue weighted by atomic mass is 10.1. The van der Waals surface area contributed by atoms with Gasteiger partial charge in [-0.3, -0.25) is 4.79 Å². The Labute approximate surface area is 110 Å². The maximum absolute atomic E-state index is 11.6. The molecule has 0 aliphatic rings. The zero-order valence-corrected chi connectivity index (χ0v) is 11.4. The van der Waals surface area contributed by atoms with Crippen molar-refractivity contribution in [3.63, 3.8) is 0 Å². The number of hydrogen-bond acceptors (Lipinski definition) is 2. The van der Waals surface area contributed by atoms with Gasteiger partial charge in [0.1, 0.15) is 0 Å². The molecule has 0 spiro atoms. The highest BCUT2D eigenvalue weighted by Gasteiger charge is 2.18. The van der Waals surface area contributed by atoms with Crippen LogP contribution in [0.3, 0.4) is 0 Å². The molecule has 3 heteroatoms. The molecule has 1 nitrogen and oxygen atoms in total. The summed E-state index contributed by atoms with van der Waals surface area (Å²) in [6.45, 7) is 1.62. The molecule has 0 saturated heterocycles. The van der Waals surface area contributed by atoms with Crippen molar-refractivity contribution >= 4 is 28.9 Å². The lowest BCUT2D eigenvalue weighted by Gasteiger charge is -2.00. The van der Waals surface area contributed by atoms with Gasteiger partial charge in [-0.1, -0.05) is 42.1 Å². The van der Waals surface area contributed by atoms with E-state index in [1.807, 2.05) is 30.5 Å². The fourth-order valence-electron chi connectivity index (χ4n) is 1.61. The van der Waals surface area contributed by atoms with Crippen molar-refractivity contribution in [1.82, 2.24) is 0 Å². The number of carbonyl (C=O) groups excluding carboxylic acids is 1. The smallest absolute Gasteiger partial charge is 0.274 e. The maximum atomic E-state index is 11.6. The first kappa shape index (κ1) is 12.3. The average Bonchev–Trinajstić information content (AvgIpc) is 2.39. The van der Waals surface area contributed by atoms with Gasteiger partial charge < -0.3 is 0 Å². The molecule has 1 aromatic carbocycles. The third-order valence-corrected chi connectivity index (χ3v) is 4.67. The predicted molar refractivity (Wildman–Crippen MR) is 75.9 cm³/mol. The molecule has 0 atom stereocenters. The highest BCUT2D eigenvalue weighted by molar-refractivity contribution is 8.00. The molecule has 0 saturated carbocycles. The zero-order valence-electron chi connectivity index (χ0n) is 9.77. The SMILES string of the molecule is CSc1[s+]cc(-c2ccccc2)cc1C(C)=O. The summed E-state index contributed by atoms with van der Waals surface area (Å²) in [6.07, 6.45) is 2.00. The van der Waals surface area contributed by atoms with Crippen molar-refractivity contribution < 1.29 is 4.79 Å². The van der Waals surface area contributed by atoms with Crippen LogP contribution in [-0.4, -0.2) is 12.0 Å². The van der Waals surface area contributed by atoms with E-state index in [0.29, 0.717) is 0 Å². The van der Waals surface area contributed by atoms with Crippen LogP contribution in [0.1, 0.15) is 17.3 Å². The van der Waals surface area contributed by atoms with Crippen LogP contribution in [0.5, 0.6) is 0 Å². The van der Waals surface area contributed by atoms with Gasteiger partial charge in [-0.2, -0.15) is 0 Å². The average molecular weight is 261 g/mol. The second kappa shape index (κ2) is 5.43. The molecule has 0 bridgehead atoms. The van der Waals surface area contributed by atoms with Crippen LogP contribution in [0.4, 0.5) is 0 Å². The first-order chi connectivity index (χ1) is 8.22. The molecule has 17 heavy (non-hydrogen) atoms. The Balaban J connectivity index is 2.51. The summed E-state index contributed by atoms with van der Waals surface area (Å²) in [5.41, 5.74) is 3.08. The summed E-state index contributed by atoms with van der Waals surface area (Å²) in [7, 11) is 0. The third-order valence-electron chi connectivity index (χ3n) is 2.48. The highest BCUT2D eigenvalue weighted by Crippen LogP contribution is 2.31. The summed E-state index contributed by atoms with van der Waals surface area (Å²) < 4.78 is 1.08. The molecular weight excluding hydrogens is 248 g/mol. The van der Waals surface area contributed by atoms with E-state index in [-0.39, 0.29) is 5.78 Å². The van der Waals surface area contributed by atoms with Gasteiger partial charge >= 0.3 is 0 Å². The maximum Gasteiger partial charge on any atom is 0.274 e. The number of benzene rings is 1.